The van der Waals surface area contributed by atoms with Gasteiger partial charge in [-0.05, 0) is 55.1 Å². The van der Waals surface area contributed by atoms with Crippen molar-refractivity contribution in [2.24, 2.45) is 28.6 Å². The number of piperidine rings is 1. The van der Waals surface area contributed by atoms with E-state index in [0.29, 0.717) is 36.5 Å². The predicted molar refractivity (Wildman–Crippen MR) is 91.7 cm³/mol. The molecule has 0 aromatic carbocycles. The molecule has 0 unspecified atom stereocenters. The molecule has 6 rings (SSSR count). The zero-order chi connectivity index (χ0) is 17.4. The number of ketones is 2. The van der Waals surface area contributed by atoms with Crippen molar-refractivity contribution >= 4 is 11.6 Å². The summed E-state index contributed by atoms with van der Waals surface area (Å²) in [6.45, 7) is 6.68. The van der Waals surface area contributed by atoms with Crippen molar-refractivity contribution < 1.29 is 14.7 Å². The number of carbonyl (C=O) groups is 2. The van der Waals surface area contributed by atoms with E-state index in [1.807, 2.05) is 0 Å². The molecular weight excluding hydrogens is 314 g/mol. The highest BCUT2D eigenvalue weighted by Crippen LogP contribution is 2.73. The third-order valence-electron chi connectivity index (χ3n) is 9.44. The smallest absolute Gasteiger partial charge is 0.162 e. The maximum absolute atomic E-state index is 14.0. The molecule has 134 valence electrons. The topological polar surface area (TPSA) is 57.6 Å². The van der Waals surface area contributed by atoms with Gasteiger partial charge in [-0.15, -0.1) is 0 Å². The summed E-state index contributed by atoms with van der Waals surface area (Å²) in [4.78, 5) is 29.3. The Bertz CT molecular complexity index is 771. The summed E-state index contributed by atoms with van der Waals surface area (Å²) in [7, 11) is 0. The van der Waals surface area contributed by atoms with E-state index in [-0.39, 0.29) is 23.5 Å². The summed E-state index contributed by atoms with van der Waals surface area (Å²) in [6.07, 6.45) is 4.29. The number of allylic oxidation sites excluding steroid dienone is 1. The number of rotatable bonds is 0. The standard InChI is InChI=1S/C21H27NO3/c1-11-9-22-10-12-3-5-20(25)8-15(23)13-4-6-21(17(13)20)18(24)14(11)7-16(22)19(12,21)2/h11-12,14,16,25H,3-10H2,1-2H3/t11-,12+,14+,16+,19+,20-,21-/m0/s1. The normalized spacial score (nSPS) is 56.4. The number of hydrogen-bond acceptors (Lipinski definition) is 4. The summed E-state index contributed by atoms with van der Waals surface area (Å²) in [6, 6.07) is 0.446. The van der Waals surface area contributed by atoms with Crippen LogP contribution >= 0.6 is 0 Å². The zero-order valence-electron chi connectivity index (χ0n) is 15.2. The van der Waals surface area contributed by atoms with Gasteiger partial charge in [-0.3, -0.25) is 14.5 Å². The second-order valence-corrected chi connectivity index (χ2v) is 10.1. The minimum atomic E-state index is -1.04. The Balaban J connectivity index is 1.68. The Labute approximate surface area is 148 Å². The third-order valence-corrected chi connectivity index (χ3v) is 9.44. The van der Waals surface area contributed by atoms with Gasteiger partial charge in [0.05, 0.1) is 11.0 Å². The second-order valence-electron chi connectivity index (χ2n) is 10.1. The van der Waals surface area contributed by atoms with E-state index in [1.54, 1.807) is 0 Å². The van der Waals surface area contributed by atoms with Gasteiger partial charge >= 0.3 is 0 Å². The molecule has 7 atom stereocenters. The van der Waals surface area contributed by atoms with Crippen LogP contribution in [0.15, 0.2) is 11.1 Å². The SMILES string of the molecule is C[C@H]1CN2C[C@H]3CC[C@]4(O)CC(=O)C5=C4[C@@]4(CC5)C(=O)[C@@H]1C[C@@H]2[C@@]34C. The number of fused-ring (bicyclic) bond motifs is 1. The van der Waals surface area contributed by atoms with Crippen LogP contribution in [0.1, 0.15) is 52.4 Å². The van der Waals surface area contributed by atoms with Crippen LogP contribution in [0.4, 0.5) is 0 Å². The lowest BCUT2D eigenvalue weighted by molar-refractivity contribution is -0.159. The molecule has 4 nitrogen and oxygen atoms in total. The lowest BCUT2D eigenvalue weighted by atomic mass is 9.45. The van der Waals surface area contributed by atoms with Gasteiger partial charge in [0.1, 0.15) is 5.78 Å². The highest BCUT2D eigenvalue weighted by molar-refractivity contribution is 6.06. The van der Waals surface area contributed by atoms with Crippen molar-refractivity contribution in [3.05, 3.63) is 11.1 Å². The lowest BCUT2D eigenvalue weighted by Gasteiger charge is -2.60. The van der Waals surface area contributed by atoms with Crippen LogP contribution in [-0.4, -0.2) is 46.3 Å². The van der Waals surface area contributed by atoms with Gasteiger partial charge in [0, 0.05) is 36.9 Å². The highest BCUT2D eigenvalue weighted by Gasteiger charge is 2.76. The van der Waals surface area contributed by atoms with Crippen molar-refractivity contribution in [3.8, 4) is 0 Å². The first-order chi connectivity index (χ1) is 11.8. The van der Waals surface area contributed by atoms with Gasteiger partial charge in [0.2, 0.25) is 0 Å². The van der Waals surface area contributed by atoms with Crippen LogP contribution in [0.3, 0.4) is 0 Å². The first-order valence-electron chi connectivity index (χ1n) is 10.1. The Morgan fingerprint density at radius 3 is 2.80 bits per heavy atom. The Morgan fingerprint density at radius 2 is 2.00 bits per heavy atom. The van der Waals surface area contributed by atoms with Crippen LogP contribution in [0.25, 0.3) is 0 Å². The third kappa shape index (κ3) is 1.34. The Hall–Kier alpha value is -1.00. The molecule has 4 heteroatoms. The molecule has 0 radical (unpaired) electrons. The van der Waals surface area contributed by atoms with Crippen molar-refractivity contribution in [3.63, 3.8) is 0 Å². The van der Waals surface area contributed by atoms with Gasteiger partial charge in [-0.25, -0.2) is 0 Å². The van der Waals surface area contributed by atoms with E-state index >= 15 is 0 Å². The maximum Gasteiger partial charge on any atom is 0.162 e. The van der Waals surface area contributed by atoms with E-state index < -0.39 is 11.0 Å². The predicted octanol–water partition coefficient (Wildman–Crippen LogP) is 2.11. The highest BCUT2D eigenvalue weighted by atomic mass is 16.3. The van der Waals surface area contributed by atoms with Crippen LogP contribution < -0.4 is 0 Å². The fourth-order valence-corrected chi connectivity index (χ4v) is 8.44. The molecule has 1 N–H and O–H groups in total. The minimum absolute atomic E-state index is 0.104. The first kappa shape index (κ1) is 15.1. The molecule has 2 saturated heterocycles. The van der Waals surface area contributed by atoms with E-state index in [9.17, 15) is 14.7 Å². The molecule has 6 aliphatic rings. The largest absolute Gasteiger partial charge is 0.385 e. The number of Topliss-reactive ketones (excluding diaryl/α,β-unsaturated/α-hetero) is 2. The van der Waals surface area contributed by atoms with Crippen molar-refractivity contribution in [2.45, 2.75) is 64.0 Å². The molecule has 2 saturated carbocycles. The molecule has 25 heavy (non-hydrogen) atoms. The average Bonchev–Trinajstić information content (AvgIpc) is 3.15. The number of hydrogen-bond donors (Lipinski definition) is 1. The fourth-order valence-electron chi connectivity index (χ4n) is 8.44. The van der Waals surface area contributed by atoms with Crippen LogP contribution in [-0.2, 0) is 9.59 Å². The monoisotopic (exact) mass is 341 g/mol. The van der Waals surface area contributed by atoms with Crippen LogP contribution in [0.2, 0.25) is 0 Å². The van der Waals surface area contributed by atoms with Gasteiger partial charge in [0.15, 0.2) is 5.78 Å². The molecule has 2 bridgehead atoms. The molecule has 4 fully saturated rings. The van der Waals surface area contributed by atoms with Gasteiger partial charge in [0.25, 0.3) is 0 Å². The van der Waals surface area contributed by atoms with E-state index in [2.05, 4.69) is 18.7 Å². The van der Waals surface area contributed by atoms with E-state index in [0.717, 1.165) is 43.5 Å². The molecule has 1 spiro atoms. The first-order valence-corrected chi connectivity index (χ1v) is 10.1. The molecular formula is C21H27NO3. The Morgan fingerprint density at radius 1 is 1.20 bits per heavy atom. The molecule has 0 aromatic heterocycles. The summed E-state index contributed by atoms with van der Waals surface area (Å²) in [5.41, 5.74) is 0.0365. The quantitative estimate of drug-likeness (QED) is 0.733. The Kier molecular flexibility index (Phi) is 2.49. The average molecular weight is 341 g/mol. The van der Waals surface area contributed by atoms with E-state index in [4.69, 9.17) is 0 Å². The van der Waals surface area contributed by atoms with Gasteiger partial charge in [-0.1, -0.05) is 13.8 Å². The number of aliphatic hydroxyl groups is 1. The number of nitrogens with zero attached hydrogens (tertiary/aromatic N) is 1. The summed E-state index contributed by atoms with van der Waals surface area (Å²) in [5, 5.41) is 11.5. The summed E-state index contributed by atoms with van der Waals surface area (Å²) >= 11 is 0. The van der Waals surface area contributed by atoms with Gasteiger partial charge in [-0.2, -0.15) is 0 Å². The minimum Gasteiger partial charge on any atom is -0.385 e. The summed E-state index contributed by atoms with van der Waals surface area (Å²) < 4.78 is 0. The number of carbonyl (C=O) groups excluding carboxylic acids is 2. The maximum atomic E-state index is 14.0. The fraction of sp³-hybridized carbons (Fsp3) is 0.810. The molecule has 0 amide bonds. The molecule has 2 heterocycles. The van der Waals surface area contributed by atoms with Crippen molar-refractivity contribution in [1.82, 2.24) is 4.90 Å². The second kappa shape index (κ2) is 4.12. The van der Waals surface area contributed by atoms with Gasteiger partial charge < -0.3 is 5.11 Å². The molecule has 0 aromatic rings. The summed E-state index contributed by atoms with van der Waals surface area (Å²) in [5.74, 6) is 1.45. The van der Waals surface area contributed by atoms with Crippen molar-refractivity contribution in [2.75, 3.05) is 13.1 Å². The van der Waals surface area contributed by atoms with Crippen LogP contribution in [0, 0.1) is 28.6 Å². The van der Waals surface area contributed by atoms with Crippen LogP contribution in [0.5, 0.6) is 0 Å². The zero-order valence-corrected chi connectivity index (χ0v) is 15.2. The van der Waals surface area contributed by atoms with Crippen molar-refractivity contribution in [1.29, 1.82) is 0 Å². The van der Waals surface area contributed by atoms with E-state index in [1.165, 1.54) is 0 Å². The molecule has 2 aliphatic heterocycles. The lowest BCUT2D eigenvalue weighted by Crippen LogP contribution is -2.65. The molecule has 4 aliphatic carbocycles.